The Kier molecular flexibility index (Phi) is 4.19. The maximum Gasteiger partial charge on any atom is 0.227 e. The van der Waals surface area contributed by atoms with Crippen molar-refractivity contribution < 1.29 is 0 Å². The normalized spacial score (nSPS) is 12.3. The number of nitrogens with two attached hydrogens (primary N) is 1. The largest absolute Gasteiger partial charge is 0.383 e. The Morgan fingerprint density at radius 3 is 2.44 bits per heavy atom. The van der Waals surface area contributed by atoms with Gasteiger partial charge in [0, 0.05) is 13.2 Å². The van der Waals surface area contributed by atoms with Gasteiger partial charge in [-0.3, -0.25) is 0 Å². The van der Waals surface area contributed by atoms with Crippen LogP contribution in [0.15, 0.2) is 42.6 Å². The SMILES string of the molecule is CNc1ncc2c(N)nc(NC(C)c3ccc(C)c4ccccc34)nc2n1. The molecule has 0 radical (unpaired) electrons. The molecule has 7 heteroatoms. The van der Waals surface area contributed by atoms with Gasteiger partial charge in [0.2, 0.25) is 11.9 Å². The van der Waals surface area contributed by atoms with Crippen molar-refractivity contribution >= 4 is 39.5 Å². The van der Waals surface area contributed by atoms with Crippen LogP contribution in [0.1, 0.15) is 24.1 Å². The minimum atomic E-state index is -0.00189. The molecule has 0 aliphatic carbocycles. The molecule has 2 aromatic carbocycles. The predicted octanol–water partition coefficient (Wildman–Crippen LogP) is 3.68. The summed E-state index contributed by atoms with van der Waals surface area (Å²) in [5.74, 6) is 1.29. The maximum absolute atomic E-state index is 6.08. The zero-order valence-corrected chi connectivity index (χ0v) is 15.5. The summed E-state index contributed by atoms with van der Waals surface area (Å²) in [6.07, 6.45) is 1.63. The van der Waals surface area contributed by atoms with E-state index < -0.39 is 0 Å². The quantitative estimate of drug-likeness (QED) is 0.511. The number of anilines is 3. The van der Waals surface area contributed by atoms with Crippen LogP contribution in [-0.2, 0) is 0 Å². The Morgan fingerprint density at radius 2 is 1.67 bits per heavy atom. The third-order valence-electron chi connectivity index (χ3n) is 4.69. The lowest BCUT2D eigenvalue weighted by Gasteiger charge is -2.18. The molecule has 7 nitrogen and oxygen atoms in total. The van der Waals surface area contributed by atoms with E-state index in [1.807, 2.05) is 0 Å². The van der Waals surface area contributed by atoms with Gasteiger partial charge in [-0.05, 0) is 35.7 Å². The van der Waals surface area contributed by atoms with Gasteiger partial charge in [-0.25, -0.2) is 4.98 Å². The van der Waals surface area contributed by atoms with E-state index >= 15 is 0 Å². The zero-order valence-electron chi connectivity index (χ0n) is 15.5. The van der Waals surface area contributed by atoms with E-state index in [4.69, 9.17) is 5.73 Å². The molecular formula is C20H21N7. The molecule has 4 rings (SSSR count). The van der Waals surface area contributed by atoms with E-state index in [2.05, 4.69) is 80.8 Å². The van der Waals surface area contributed by atoms with Crippen molar-refractivity contribution in [1.82, 2.24) is 19.9 Å². The summed E-state index contributed by atoms with van der Waals surface area (Å²) in [5, 5.41) is 9.35. The predicted molar refractivity (Wildman–Crippen MR) is 110 cm³/mol. The minimum absolute atomic E-state index is 0.00189. The van der Waals surface area contributed by atoms with E-state index in [-0.39, 0.29) is 6.04 Å². The second kappa shape index (κ2) is 6.68. The van der Waals surface area contributed by atoms with E-state index in [1.165, 1.54) is 21.9 Å². The molecule has 0 saturated carbocycles. The van der Waals surface area contributed by atoms with Gasteiger partial charge in [0.25, 0.3) is 0 Å². The number of fused-ring (bicyclic) bond motifs is 2. The first-order chi connectivity index (χ1) is 13.1. The van der Waals surface area contributed by atoms with Gasteiger partial charge in [0.05, 0.1) is 11.4 Å². The second-order valence-electron chi connectivity index (χ2n) is 6.50. The van der Waals surface area contributed by atoms with Gasteiger partial charge in [-0.1, -0.05) is 36.4 Å². The van der Waals surface area contributed by atoms with Gasteiger partial charge < -0.3 is 16.4 Å². The van der Waals surface area contributed by atoms with Crippen LogP contribution in [-0.4, -0.2) is 27.0 Å². The molecular weight excluding hydrogens is 338 g/mol. The van der Waals surface area contributed by atoms with Gasteiger partial charge in [0.1, 0.15) is 5.82 Å². The average molecular weight is 359 g/mol. The molecule has 4 N–H and O–H groups in total. The van der Waals surface area contributed by atoms with Crippen molar-refractivity contribution in [2.24, 2.45) is 0 Å². The van der Waals surface area contributed by atoms with E-state index in [0.717, 1.165) is 0 Å². The maximum atomic E-state index is 6.08. The molecule has 0 amide bonds. The fraction of sp³-hybridized carbons (Fsp3) is 0.200. The highest BCUT2D eigenvalue weighted by Crippen LogP contribution is 2.29. The van der Waals surface area contributed by atoms with Crippen molar-refractivity contribution in [2.45, 2.75) is 19.9 Å². The fourth-order valence-electron chi connectivity index (χ4n) is 3.25. The molecule has 0 saturated heterocycles. The fourth-order valence-corrected chi connectivity index (χ4v) is 3.25. The van der Waals surface area contributed by atoms with Crippen LogP contribution in [0.3, 0.4) is 0 Å². The van der Waals surface area contributed by atoms with Crippen LogP contribution in [0.25, 0.3) is 21.8 Å². The highest BCUT2D eigenvalue weighted by atomic mass is 15.2. The summed E-state index contributed by atoms with van der Waals surface area (Å²) in [4.78, 5) is 17.4. The molecule has 1 atom stereocenters. The number of hydrogen-bond donors (Lipinski definition) is 3. The number of nitrogens with one attached hydrogen (secondary N) is 2. The third kappa shape index (κ3) is 3.08. The Labute approximate surface area is 157 Å². The monoisotopic (exact) mass is 359 g/mol. The Hall–Kier alpha value is -3.48. The molecule has 27 heavy (non-hydrogen) atoms. The highest BCUT2D eigenvalue weighted by Gasteiger charge is 2.14. The first-order valence-electron chi connectivity index (χ1n) is 8.79. The number of rotatable bonds is 4. The average Bonchev–Trinajstić information content (AvgIpc) is 2.68. The topological polar surface area (TPSA) is 102 Å². The molecule has 2 heterocycles. The van der Waals surface area contributed by atoms with E-state index in [0.29, 0.717) is 28.7 Å². The summed E-state index contributed by atoms with van der Waals surface area (Å²) < 4.78 is 0. The Balaban J connectivity index is 1.73. The molecule has 0 bridgehead atoms. The van der Waals surface area contributed by atoms with Crippen LogP contribution in [0.5, 0.6) is 0 Å². The molecule has 0 spiro atoms. The molecule has 136 valence electrons. The molecule has 0 fully saturated rings. The number of benzene rings is 2. The van der Waals surface area contributed by atoms with Crippen molar-refractivity contribution in [3.05, 3.63) is 53.7 Å². The number of aromatic nitrogens is 4. The zero-order chi connectivity index (χ0) is 19.0. The Morgan fingerprint density at radius 1 is 0.926 bits per heavy atom. The van der Waals surface area contributed by atoms with Crippen LogP contribution < -0.4 is 16.4 Å². The molecule has 0 aliphatic heterocycles. The van der Waals surface area contributed by atoms with Crippen LogP contribution in [0.4, 0.5) is 17.7 Å². The summed E-state index contributed by atoms with van der Waals surface area (Å²) in [6, 6.07) is 12.7. The summed E-state index contributed by atoms with van der Waals surface area (Å²) >= 11 is 0. The molecule has 0 aliphatic rings. The van der Waals surface area contributed by atoms with Crippen molar-refractivity contribution in [2.75, 3.05) is 23.4 Å². The third-order valence-corrected chi connectivity index (χ3v) is 4.69. The molecule has 1 unspecified atom stereocenters. The lowest BCUT2D eigenvalue weighted by Crippen LogP contribution is -2.12. The summed E-state index contributed by atoms with van der Waals surface area (Å²) in [5.41, 5.74) is 9.02. The molecule has 2 aromatic heterocycles. The lowest BCUT2D eigenvalue weighted by molar-refractivity contribution is 0.871. The second-order valence-corrected chi connectivity index (χ2v) is 6.50. The van der Waals surface area contributed by atoms with Gasteiger partial charge >= 0.3 is 0 Å². The van der Waals surface area contributed by atoms with Gasteiger partial charge in [-0.2, -0.15) is 15.0 Å². The van der Waals surface area contributed by atoms with Crippen LogP contribution in [0.2, 0.25) is 0 Å². The standard InChI is InChI=1S/C20H21N7/c1-11-8-9-14(15-7-5-4-6-13(11)15)12(2)24-20-25-17(21)16-10-23-19(22-3)26-18(16)27-20/h4-10,12H,1-3H3,(H4,21,22,23,24,25,26,27). The Bertz CT molecular complexity index is 1140. The highest BCUT2D eigenvalue weighted by molar-refractivity contribution is 5.89. The number of nitrogen functional groups attached to an aromatic ring is 1. The van der Waals surface area contributed by atoms with Gasteiger partial charge in [-0.15, -0.1) is 0 Å². The first kappa shape index (κ1) is 17.0. The summed E-state index contributed by atoms with van der Waals surface area (Å²) in [6.45, 7) is 4.20. The number of nitrogens with zero attached hydrogens (tertiary/aromatic N) is 4. The van der Waals surface area contributed by atoms with Crippen molar-refractivity contribution in [3.8, 4) is 0 Å². The smallest absolute Gasteiger partial charge is 0.227 e. The van der Waals surface area contributed by atoms with Crippen LogP contribution in [0, 0.1) is 6.92 Å². The van der Waals surface area contributed by atoms with Crippen molar-refractivity contribution in [3.63, 3.8) is 0 Å². The van der Waals surface area contributed by atoms with Crippen LogP contribution >= 0.6 is 0 Å². The molecule has 4 aromatic rings. The lowest BCUT2D eigenvalue weighted by atomic mass is 9.96. The number of hydrogen-bond acceptors (Lipinski definition) is 7. The van der Waals surface area contributed by atoms with Gasteiger partial charge in [0.15, 0.2) is 5.65 Å². The van der Waals surface area contributed by atoms with E-state index in [1.54, 1.807) is 13.2 Å². The van der Waals surface area contributed by atoms with E-state index in [9.17, 15) is 0 Å². The number of aryl methyl sites for hydroxylation is 1. The first-order valence-corrected chi connectivity index (χ1v) is 8.79. The minimum Gasteiger partial charge on any atom is -0.383 e. The van der Waals surface area contributed by atoms with Crippen molar-refractivity contribution in [1.29, 1.82) is 0 Å². The summed E-state index contributed by atoms with van der Waals surface area (Å²) in [7, 11) is 1.76.